The summed E-state index contributed by atoms with van der Waals surface area (Å²) in [6.45, 7) is 4.09. The van der Waals surface area contributed by atoms with Gasteiger partial charge in [-0.05, 0) is 85.7 Å². The number of hydrogen-bond donors (Lipinski definition) is 2. The van der Waals surface area contributed by atoms with Gasteiger partial charge in [-0.3, -0.25) is 10.1 Å². The first-order valence-electron chi connectivity index (χ1n) is 10.7. The largest absolute Gasteiger partial charge is 0.451 e. The normalized spacial score (nSPS) is 10.9. The van der Waals surface area contributed by atoms with Crippen molar-refractivity contribution in [1.29, 1.82) is 0 Å². The summed E-state index contributed by atoms with van der Waals surface area (Å²) >= 11 is 5.33. The van der Waals surface area contributed by atoms with Crippen molar-refractivity contribution in [1.82, 2.24) is 10.3 Å². The molecule has 6 nitrogen and oxygen atoms in total. The van der Waals surface area contributed by atoms with E-state index in [1.165, 1.54) is 5.56 Å². The predicted molar refractivity (Wildman–Crippen MR) is 137 cm³/mol. The monoisotopic (exact) mass is 467 g/mol. The van der Waals surface area contributed by atoms with E-state index in [-0.39, 0.29) is 10.9 Å². The molecular weight excluding hydrogens is 446 g/mol. The molecule has 5 rings (SSSR count). The summed E-state index contributed by atoms with van der Waals surface area (Å²) in [5.41, 5.74) is 6.27. The Kier molecular flexibility index (Phi) is 5.69. The molecule has 0 bridgehead atoms. The number of anilines is 1. The van der Waals surface area contributed by atoms with Gasteiger partial charge in [0.2, 0.25) is 5.89 Å². The molecule has 0 fully saturated rings. The highest BCUT2D eigenvalue weighted by molar-refractivity contribution is 7.80. The number of furan rings is 1. The van der Waals surface area contributed by atoms with Crippen LogP contribution in [-0.2, 0) is 0 Å². The zero-order valence-electron chi connectivity index (χ0n) is 18.6. The Labute approximate surface area is 201 Å². The number of carbonyl (C=O) groups is 1. The minimum Gasteiger partial charge on any atom is -0.451 e. The number of nitrogens with zero attached hydrogens (tertiary/aromatic N) is 1. The highest BCUT2D eigenvalue weighted by Gasteiger charge is 2.15. The second kappa shape index (κ2) is 8.96. The summed E-state index contributed by atoms with van der Waals surface area (Å²) in [5.74, 6) is 0.882. The van der Waals surface area contributed by atoms with Crippen molar-refractivity contribution in [2.75, 3.05) is 5.32 Å². The van der Waals surface area contributed by atoms with Crippen molar-refractivity contribution in [3.05, 3.63) is 95.7 Å². The van der Waals surface area contributed by atoms with Crippen molar-refractivity contribution in [2.45, 2.75) is 13.8 Å². The molecule has 3 aromatic carbocycles. The first-order valence-corrected chi connectivity index (χ1v) is 11.1. The van der Waals surface area contributed by atoms with E-state index in [1.54, 1.807) is 12.1 Å². The lowest BCUT2D eigenvalue weighted by atomic mass is 10.1. The lowest BCUT2D eigenvalue weighted by molar-refractivity contribution is 0.0951. The van der Waals surface area contributed by atoms with E-state index >= 15 is 0 Å². The fourth-order valence-corrected chi connectivity index (χ4v) is 3.77. The van der Waals surface area contributed by atoms with Crippen molar-refractivity contribution in [3.8, 4) is 22.8 Å². The van der Waals surface area contributed by atoms with Crippen LogP contribution in [0.4, 0.5) is 5.69 Å². The van der Waals surface area contributed by atoms with Crippen LogP contribution in [-0.4, -0.2) is 16.0 Å². The molecule has 2 aromatic heterocycles. The molecule has 5 aromatic rings. The summed E-state index contributed by atoms with van der Waals surface area (Å²) in [6, 6.07) is 24.5. The number of benzene rings is 3. The van der Waals surface area contributed by atoms with Crippen molar-refractivity contribution < 1.29 is 13.6 Å². The van der Waals surface area contributed by atoms with Gasteiger partial charge in [-0.15, -0.1) is 0 Å². The summed E-state index contributed by atoms with van der Waals surface area (Å²) in [7, 11) is 0. The summed E-state index contributed by atoms with van der Waals surface area (Å²) in [5, 5.41) is 5.84. The molecule has 0 aliphatic rings. The van der Waals surface area contributed by atoms with Crippen LogP contribution in [0.2, 0.25) is 0 Å². The molecule has 2 N–H and O–H groups in total. The van der Waals surface area contributed by atoms with E-state index in [2.05, 4.69) is 22.5 Å². The number of rotatable bonds is 4. The van der Waals surface area contributed by atoms with Gasteiger partial charge >= 0.3 is 0 Å². The Morgan fingerprint density at radius 1 is 0.853 bits per heavy atom. The summed E-state index contributed by atoms with van der Waals surface area (Å²) < 4.78 is 11.6. The van der Waals surface area contributed by atoms with Gasteiger partial charge in [0.05, 0.1) is 0 Å². The number of aromatic nitrogens is 1. The molecule has 0 radical (unpaired) electrons. The van der Waals surface area contributed by atoms with E-state index in [0.29, 0.717) is 17.3 Å². The molecule has 0 aliphatic heterocycles. The maximum absolute atomic E-state index is 12.6. The first kappa shape index (κ1) is 21.6. The van der Waals surface area contributed by atoms with E-state index in [0.717, 1.165) is 27.8 Å². The van der Waals surface area contributed by atoms with Gasteiger partial charge in [-0.1, -0.05) is 30.3 Å². The number of oxazole rings is 1. The van der Waals surface area contributed by atoms with Crippen LogP contribution in [0.3, 0.4) is 0 Å². The zero-order chi connectivity index (χ0) is 23.7. The van der Waals surface area contributed by atoms with Crippen LogP contribution in [0.5, 0.6) is 0 Å². The number of aryl methyl sites for hydroxylation is 2. The minimum absolute atomic E-state index is 0.156. The Bertz CT molecular complexity index is 1500. The number of para-hydroxylation sites is 2. The molecule has 0 saturated heterocycles. The Morgan fingerprint density at radius 2 is 1.71 bits per heavy atom. The predicted octanol–water partition coefficient (Wildman–Crippen LogP) is 6.50. The standard InChI is InChI=1S/C27H21N3O3S/c1-16-10-11-18(14-17(16)2)22-12-13-24(32-22)25(31)30-27(34)28-20-7-5-6-19(15-20)26-29-21-8-3-4-9-23(21)33-26/h3-15H,1-2H3,(H2,28,30,31,34). The van der Waals surface area contributed by atoms with Gasteiger partial charge in [0.25, 0.3) is 5.91 Å². The molecule has 1 amide bonds. The second-order valence-corrected chi connectivity index (χ2v) is 8.35. The molecule has 2 heterocycles. The number of fused-ring (bicyclic) bond motifs is 1. The van der Waals surface area contributed by atoms with Gasteiger partial charge < -0.3 is 14.2 Å². The number of nitrogens with one attached hydrogen (secondary N) is 2. The van der Waals surface area contributed by atoms with Gasteiger partial charge in [0.1, 0.15) is 11.3 Å². The van der Waals surface area contributed by atoms with Crippen LogP contribution in [0.15, 0.2) is 87.7 Å². The van der Waals surface area contributed by atoms with Crippen LogP contribution in [0.1, 0.15) is 21.7 Å². The van der Waals surface area contributed by atoms with Crippen LogP contribution in [0.25, 0.3) is 33.9 Å². The Hall–Kier alpha value is -4.23. The van der Waals surface area contributed by atoms with Crippen LogP contribution >= 0.6 is 12.2 Å². The average Bonchev–Trinajstić information content (AvgIpc) is 3.49. The molecule has 168 valence electrons. The van der Waals surface area contributed by atoms with Crippen LogP contribution in [0, 0.1) is 13.8 Å². The SMILES string of the molecule is Cc1ccc(-c2ccc(C(=O)NC(=S)Nc3cccc(-c4nc5ccccc5o4)c3)o2)cc1C. The summed E-state index contributed by atoms with van der Waals surface area (Å²) in [4.78, 5) is 17.2. The highest BCUT2D eigenvalue weighted by Crippen LogP contribution is 2.26. The average molecular weight is 468 g/mol. The Morgan fingerprint density at radius 3 is 2.53 bits per heavy atom. The van der Waals surface area contributed by atoms with E-state index < -0.39 is 5.91 Å². The molecule has 0 unspecified atom stereocenters. The van der Waals surface area contributed by atoms with E-state index in [1.807, 2.05) is 73.7 Å². The molecule has 0 spiro atoms. The lowest BCUT2D eigenvalue weighted by Gasteiger charge is -2.09. The van der Waals surface area contributed by atoms with Gasteiger partial charge in [0, 0.05) is 16.8 Å². The smallest absolute Gasteiger partial charge is 0.293 e. The molecule has 0 aliphatic carbocycles. The maximum atomic E-state index is 12.6. The van der Waals surface area contributed by atoms with Crippen molar-refractivity contribution in [3.63, 3.8) is 0 Å². The topological polar surface area (TPSA) is 80.3 Å². The quantitative estimate of drug-likeness (QED) is 0.294. The zero-order valence-corrected chi connectivity index (χ0v) is 19.4. The highest BCUT2D eigenvalue weighted by atomic mass is 32.1. The first-order chi connectivity index (χ1) is 16.5. The van der Waals surface area contributed by atoms with Gasteiger partial charge in [-0.2, -0.15) is 0 Å². The fourth-order valence-electron chi connectivity index (χ4n) is 3.56. The minimum atomic E-state index is -0.428. The fraction of sp³-hybridized carbons (Fsp3) is 0.0741. The molecule has 0 atom stereocenters. The van der Waals surface area contributed by atoms with Crippen LogP contribution < -0.4 is 10.6 Å². The Balaban J connectivity index is 1.26. The maximum Gasteiger partial charge on any atom is 0.293 e. The molecule has 34 heavy (non-hydrogen) atoms. The third-order valence-corrected chi connectivity index (χ3v) is 5.71. The lowest BCUT2D eigenvalue weighted by Crippen LogP contribution is -2.33. The van der Waals surface area contributed by atoms with Gasteiger partial charge in [0.15, 0.2) is 16.5 Å². The molecular formula is C27H21N3O3S. The van der Waals surface area contributed by atoms with E-state index in [9.17, 15) is 4.79 Å². The van der Waals surface area contributed by atoms with E-state index in [4.69, 9.17) is 21.1 Å². The second-order valence-electron chi connectivity index (χ2n) is 7.94. The third kappa shape index (κ3) is 4.46. The van der Waals surface area contributed by atoms with Crippen molar-refractivity contribution >= 4 is 40.0 Å². The third-order valence-electron chi connectivity index (χ3n) is 5.51. The summed E-state index contributed by atoms with van der Waals surface area (Å²) in [6.07, 6.45) is 0. The van der Waals surface area contributed by atoms with Crippen molar-refractivity contribution in [2.24, 2.45) is 0 Å². The molecule has 0 saturated carbocycles. The number of thiocarbonyl (C=S) groups is 1. The van der Waals surface area contributed by atoms with Gasteiger partial charge in [-0.25, -0.2) is 4.98 Å². The number of amides is 1. The molecule has 7 heteroatoms. The number of carbonyl (C=O) groups excluding carboxylic acids is 1. The number of hydrogen-bond acceptors (Lipinski definition) is 5.